The van der Waals surface area contributed by atoms with Crippen molar-refractivity contribution < 1.29 is 22.7 Å². The number of para-hydroxylation sites is 1. The van der Waals surface area contributed by atoms with Crippen molar-refractivity contribution >= 4 is 21.6 Å². The molecule has 1 atom stereocenters. The Kier molecular flexibility index (Phi) is 5.53. The fraction of sp³-hybridized carbons (Fsp3) is 0.188. The zero-order valence-electron chi connectivity index (χ0n) is 12.9. The monoisotopic (exact) mass is 352 g/mol. The molecule has 2 aromatic carbocycles. The van der Waals surface area contributed by atoms with Gasteiger partial charge in [0.15, 0.2) is 0 Å². The lowest BCUT2D eigenvalue weighted by atomic mass is 10.2. The Bertz CT molecular complexity index is 837. The number of anilines is 1. The van der Waals surface area contributed by atoms with E-state index in [1.807, 2.05) is 0 Å². The summed E-state index contributed by atoms with van der Waals surface area (Å²) >= 11 is 0. The first-order valence-electron chi connectivity index (χ1n) is 7.13. The van der Waals surface area contributed by atoms with Gasteiger partial charge in [-0.3, -0.25) is 9.52 Å². The number of carbonyl (C=O) groups excluding carboxylic acids is 1. The molecule has 2 rings (SSSR count). The van der Waals surface area contributed by atoms with E-state index in [9.17, 15) is 17.6 Å². The molecule has 128 valence electrons. The summed E-state index contributed by atoms with van der Waals surface area (Å²) in [5.74, 6) is -1.22. The van der Waals surface area contributed by atoms with Crippen molar-refractivity contribution in [3.05, 3.63) is 59.9 Å². The summed E-state index contributed by atoms with van der Waals surface area (Å²) in [4.78, 5) is 11.8. The van der Waals surface area contributed by atoms with Crippen molar-refractivity contribution in [2.45, 2.75) is 17.9 Å². The number of nitrogens with one attached hydrogen (secondary N) is 2. The van der Waals surface area contributed by atoms with E-state index >= 15 is 0 Å². The Hall–Kier alpha value is -2.45. The Morgan fingerprint density at radius 2 is 1.92 bits per heavy atom. The van der Waals surface area contributed by atoms with Gasteiger partial charge in [0.2, 0.25) is 0 Å². The number of amides is 1. The van der Waals surface area contributed by atoms with Crippen LogP contribution in [-0.4, -0.2) is 32.1 Å². The van der Waals surface area contributed by atoms with Gasteiger partial charge in [-0.25, -0.2) is 12.8 Å². The highest BCUT2D eigenvalue weighted by atomic mass is 32.2. The van der Waals surface area contributed by atoms with Crippen molar-refractivity contribution in [1.29, 1.82) is 0 Å². The Balaban J connectivity index is 2.23. The molecule has 0 aromatic heterocycles. The SMILES string of the molecule is CC(O)CNC(=O)c1cccc(S(=O)(=O)Nc2ccccc2F)c1. The Labute approximate surface area is 139 Å². The third kappa shape index (κ3) is 4.53. The van der Waals surface area contributed by atoms with Crippen LogP contribution in [0.4, 0.5) is 10.1 Å². The van der Waals surface area contributed by atoms with Crippen LogP contribution in [0.2, 0.25) is 0 Å². The van der Waals surface area contributed by atoms with Crippen LogP contribution < -0.4 is 10.0 Å². The summed E-state index contributed by atoms with van der Waals surface area (Å²) in [6, 6.07) is 10.7. The molecule has 0 heterocycles. The van der Waals surface area contributed by atoms with E-state index in [1.54, 1.807) is 0 Å². The minimum Gasteiger partial charge on any atom is -0.392 e. The largest absolute Gasteiger partial charge is 0.392 e. The lowest BCUT2D eigenvalue weighted by Crippen LogP contribution is -2.30. The standard InChI is InChI=1S/C16H17FN2O4S/c1-11(20)10-18-16(21)12-5-4-6-13(9-12)24(22,23)19-15-8-3-2-7-14(15)17/h2-9,11,19-20H,10H2,1H3,(H,18,21). The van der Waals surface area contributed by atoms with E-state index in [2.05, 4.69) is 10.0 Å². The van der Waals surface area contributed by atoms with Crippen LogP contribution in [0.1, 0.15) is 17.3 Å². The maximum absolute atomic E-state index is 13.6. The van der Waals surface area contributed by atoms with Gasteiger partial charge in [0.25, 0.3) is 15.9 Å². The zero-order valence-corrected chi connectivity index (χ0v) is 13.7. The van der Waals surface area contributed by atoms with E-state index in [-0.39, 0.29) is 22.7 Å². The molecule has 0 aliphatic rings. The van der Waals surface area contributed by atoms with Crippen molar-refractivity contribution in [1.82, 2.24) is 5.32 Å². The topological polar surface area (TPSA) is 95.5 Å². The van der Waals surface area contributed by atoms with Crippen molar-refractivity contribution in [2.24, 2.45) is 0 Å². The first kappa shape index (κ1) is 17.9. The molecular formula is C16H17FN2O4S. The van der Waals surface area contributed by atoms with E-state index in [4.69, 9.17) is 5.11 Å². The normalized spacial score (nSPS) is 12.5. The molecular weight excluding hydrogens is 335 g/mol. The van der Waals surface area contributed by atoms with E-state index in [0.29, 0.717) is 0 Å². The third-order valence-corrected chi connectivity index (χ3v) is 4.45. The van der Waals surface area contributed by atoms with Crippen LogP contribution in [0.25, 0.3) is 0 Å². The second-order valence-corrected chi connectivity index (χ2v) is 6.85. The van der Waals surface area contributed by atoms with Crippen molar-refractivity contribution in [3.8, 4) is 0 Å². The minimum atomic E-state index is -4.04. The Morgan fingerprint density at radius 3 is 2.58 bits per heavy atom. The predicted octanol–water partition coefficient (Wildman–Crippen LogP) is 1.74. The molecule has 0 radical (unpaired) electrons. The molecule has 1 amide bonds. The lowest BCUT2D eigenvalue weighted by Gasteiger charge is -2.11. The van der Waals surface area contributed by atoms with Gasteiger partial charge >= 0.3 is 0 Å². The second-order valence-electron chi connectivity index (χ2n) is 5.17. The first-order chi connectivity index (χ1) is 11.3. The zero-order chi connectivity index (χ0) is 17.7. The van der Waals surface area contributed by atoms with Crippen LogP contribution in [0.3, 0.4) is 0 Å². The number of sulfonamides is 1. The fourth-order valence-electron chi connectivity index (χ4n) is 1.89. The average Bonchev–Trinajstić information content (AvgIpc) is 2.54. The number of carbonyl (C=O) groups is 1. The molecule has 0 aliphatic carbocycles. The van der Waals surface area contributed by atoms with Gasteiger partial charge in [-0.05, 0) is 37.3 Å². The van der Waals surface area contributed by atoms with E-state index in [0.717, 1.165) is 6.07 Å². The molecule has 1 unspecified atom stereocenters. The van der Waals surface area contributed by atoms with Crippen LogP contribution in [0, 0.1) is 5.82 Å². The first-order valence-corrected chi connectivity index (χ1v) is 8.61. The van der Waals surface area contributed by atoms with Crippen LogP contribution in [0.15, 0.2) is 53.4 Å². The second kappa shape index (κ2) is 7.41. The molecule has 6 nitrogen and oxygen atoms in total. The molecule has 0 bridgehead atoms. The molecule has 2 aromatic rings. The summed E-state index contributed by atoms with van der Waals surface area (Å²) in [5.41, 5.74) is -0.0616. The summed E-state index contributed by atoms with van der Waals surface area (Å²) in [6.45, 7) is 1.56. The van der Waals surface area contributed by atoms with Gasteiger partial charge < -0.3 is 10.4 Å². The molecule has 3 N–H and O–H groups in total. The summed E-state index contributed by atoms with van der Waals surface area (Å²) in [7, 11) is -4.04. The number of benzene rings is 2. The van der Waals surface area contributed by atoms with Crippen LogP contribution in [-0.2, 0) is 10.0 Å². The van der Waals surface area contributed by atoms with E-state index in [1.165, 1.54) is 49.4 Å². The number of hydrogen-bond acceptors (Lipinski definition) is 4. The molecule has 0 saturated heterocycles. The minimum absolute atomic E-state index is 0.0449. The number of hydrogen-bond donors (Lipinski definition) is 3. The molecule has 0 spiro atoms. The van der Waals surface area contributed by atoms with Gasteiger partial charge in [-0.15, -0.1) is 0 Å². The van der Waals surface area contributed by atoms with Gasteiger partial charge in [-0.1, -0.05) is 18.2 Å². The highest BCUT2D eigenvalue weighted by molar-refractivity contribution is 7.92. The maximum atomic E-state index is 13.6. The van der Waals surface area contributed by atoms with Crippen LogP contribution in [0.5, 0.6) is 0 Å². The summed E-state index contributed by atoms with van der Waals surface area (Å²) in [5, 5.41) is 11.6. The molecule has 8 heteroatoms. The number of halogens is 1. The highest BCUT2D eigenvalue weighted by Gasteiger charge is 2.18. The molecule has 24 heavy (non-hydrogen) atoms. The number of aliphatic hydroxyl groups is 1. The molecule has 0 saturated carbocycles. The summed E-state index contributed by atoms with van der Waals surface area (Å²) < 4.78 is 40.4. The van der Waals surface area contributed by atoms with Crippen molar-refractivity contribution in [2.75, 3.05) is 11.3 Å². The average molecular weight is 352 g/mol. The predicted molar refractivity (Wildman–Crippen MR) is 87.7 cm³/mol. The van der Waals surface area contributed by atoms with Gasteiger partial charge in [0.05, 0.1) is 16.7 Å². The lowest BCUT2D eigenvalue weighted by molar-refractivity contribution is 0.0924. The van der Waals surface area contributed by atoms with Crippen LogP contribution >= 0.6 is 0 Å². The van der Waals surface area contributed by atoms with Gasteiger partial charge in [0, 0.05) is 12.1 Å². The summed E-state index contributed by atoms with van der Waals surface area (Å²) in [6.07, 6.45) is -0.719. The van der Waals surface area contributed by atoms with Gasteiger partial charge in [-0.2, -0.15) is 0 Å². The third-order valence-electron chi connectivity index (χ3n) is 3.08. The highest BCUT2D eigenvalue weighted by Crippen LogP contribution is 2.19. The fourth-order valence-corrected chi connectivity index (χ4v) is 3.01. The quantitative estimate of drug-likeness (QED) is 0.738. The number of rotatable bonds is 6. The Morgan fingerprint density at radius 1 is 1.21 bits per heavy atom. The molecule has 0 fully saturated rings. The van der Waals surface area contributed by atoms with E-state index < -0.39 is 27.9 Å². The number of aliphatic hydroxyl groups excluding tert-OH is 1. The van der Waals surface area contributed by atoms with Crippen molar-refractivity contribution in [3.63, 3.8) is 0 Å². The maximum Gasteiger partial charge on any atom is 0.262 e. The molecule has 0 aliphatic heterocycles. The smallest absolute Gasteiger partial charge is 0.262 e. The van der Waals surface area contributed by atoms with Gasteiger partial charge in [0.1, 0.15) is 5.82 Å².